The fourth-order valence-electron chi connectivity index (χ4n) is 4.27. The van der Waals surface area contributed by atoms with Gasteiger partial charge in [-0.1, -0.05) is 48.0 Å². The van der Waals surface area contributed by atoms with Crippen molar-refractivity contribution >= 4 is 23.4 Å². The Bertz CT molecular complexity index is 1480. The van der Waals surface area contributed by atoms with Crippen LogP contribution in [0, 0.1) is 20.8 Å². The van der Waals surface area contributed by atoms with E-state index in [1.807, 2.05) is 51.2 Å². The molecule has 0 bridgehead atoms. The highest BCUT2D eigenvalue weighted by molar-refractivity contribution is 6.31. The predicted octanol–water partition coefficient (Wildman–Crippen LogP) is 4.51. The van der Waals surface area contributed by atoms with Gasteiger partial charge < -0.3 is 9.30 Å². The normalized spacial score (nSPS) is 11.0. The number of esters is 1. The maximum atomic E-state index is 13.5. The average molecular weight is 492 g/mol. The minimum atomic E-state index is -0.537. The molecule has 4 rings (SSSR count). The first kappa shape index (κ1) is 24.3. The van der Waals surface area contributed by atoms with Crippen LogP contribution in [0.2, 0.25) is 5.02 Å². The number of hydrogen-bond acceptors (Lipinski definition) is 4. The van der Waals surface area contributed by atoms with Gasteiger partial charge in [-0.15, -0.1) is 0 Å². The van der Waals surface area contributed by atoms with E-state index in [0.29, 0.717) is 27.5 Å². The predicted molar refractivity (Wildman–Crippen MR) is 135 cm³/mol. The third-order valence-electron chi connectivity index (χ3n) is 6.14. The topological polar surface area (TPSA) is 75.2 Å². The molecule has 2 aromatic carbocycles. The Hall–Kier alpha value is -3.84. The average Bonchev–Trinajstić information content (AvgIpc) is 3.25. The number of nitrogens with zero attached hydrogens (tertiary/aromatic N) is 3. The van der Waals surface area contributed by atoms with Crippen molar-refractivity contribution in [1.82, 2.24) is 13.9 Å². The molecule has 0 saturated carbocycles. The van der Waals surface area contributed by atoms with Crippen molar-refractivity contribution in [3.8, 4) is 11.4 Å². The molecule has 0 N–H and O–H groups in total. The summed E-state index contributed by atoms with van der Waals surface area (Å²) in [4.78, 5) is 38.7. The van der Waals surface area contributed by atoms with Gasteiger partial charge in [0.2, 0.25) is 5.78 Å². The Kier molecular flexibility index (Phi) is 6.80. The summed E-state index contributed by atoms with van der Waals surface area (Å²) in [5, 5.41) is 0.471. The Morgan fingerprint density at radius 2 is 1.60 bits per heavy atom. The van der Waals surface area contributed by atoms with Gasteiger partial charge in [0.15, 0.2) is 6.61 Å². The van der Waals surface area contributed by atoms with Crippen molar-refractivity contribution in [3.05, 3.63) is 104 Å². The molecule has 0 aliphatic rings. The molecule has 2 heterocycles. The molecule has 8 heteroatoms. The van der Waals surface area contributed by atoms with Crippen molar-refractivity contribution < 1.29 is 14.3 Å². The molecule has 0 spiro atoms. The number of ketones is 1. The van der Waals surface area contributed by atoms with Crippen LogP contribution in [0.3, 0.4) is 0 Å². The van der Waals surface area contributed by atoms with Gasteiger partial charge in [-0.25, -0.2) is 4.68 Å². The number of carbonyl (C=O) groups excluding carboxylic acids is 2. The lowest BCUT2D eigenvalue weighted by Gasteiger charge is -2.09. The third-order valence-corrected chi connectivity index (χ3v) is 6.50. The van der Waals surface area contributed by atoms with E-state index < -0.39 is 12.6 Å². The number of ether oxygens (including phenoxy) is 1. The van der Waals surface area contributed by atoms with Crippen molar-refractivity contribution in [2.45, 2.75) is 27.2 Å². The quantitative estimate of drug-likeness (QED) is 0.281. The highest BCUT2D eigenvalue weighted by atomic mass is 35.5. The summed E-state index contributed by atoms with van der Waals surface area (Å²) >= 11 is 6.10. The Balaban J connectivity index is 1.59. The molecule has 7 nitrogen and oxygen atoms in total. The van der Waals surface area contributed by atoms with Crippen molar-refractivity contribution in [3.63, 3.8) is 0 Å². The number of Topliss-reactive ketones (excluding diaryl/α,β-unsaturated/α-hetero) is 1. The SMILES string of the molecule is Cc1cc(C(=O)COC(=O)Cc2ccccc2Cl)c(C)n1-c1c(C)n(C)n(-c2ccccc2)c1=O. The van der Waals surface area contributed by atoms with Gasteiger partial charge >= 0.3 is 5.97 Å². The standard InChI is InChI=1S/C27H26ClN3O4/c1-17-14-22(24(32)16-35-25(33)15-20-10-8-9-13-23(20)28)18(2)30(17)26-19(3)29(4)31(27(26)34)21-11-6-5-7-12-21/h5-14H,15-16H2,1-4H3. The van der Waals surface area contributed by atoms with Crippen LogP contribution < -0.4 is 5.56 Å². The molecule has 0 aliphatic heterocycles. The molecule has 0 saturated heterocycles. The van der Waals surface area contributed by atoms with E-state index in [1.165, 1.54) is 0 Å². The van der Waals surface area contributed by atoms with E-state index in [0.717, 1.165) is 17.1 Å². The molecule has 0 unspecified atom stereocenters. The maximum Gasteiger partial charge on any atom is 0.310 e. The largest absolute Gasteiger partial charge is 0.457 e. The summed E-state index contributed by atoms with van der Waals surface area (Å²) in [7, 11) is 1.83. The number of hydrogen-bond donors (Lipinski definition) is 0. The van der Waals surface area contributed by atoms with E-state index in [1.54, 1.807) is 51.2 Å². The number of para-hydroxylation sites is 1. The Morgan fingerprint density at radius 1 is 0.943 bits per heavy atom. The van der Waals surface area contributed by atoms with Crippen molar-refractivity contribution in [2.24, 2.45) is 7.05 Å². The van der Waals surface area contributed by atoms with Crippen LogP contribution >= 0.6 is 11.6 Å². The first-order valence-corrected chi connectivity index (χ1v) is 11.5. The molecule has 0 amide bonds. The number of aryl methyl sites for hydroxylation is 1. The van der Waals surface area contributed by atoms with Gasteiger partial charge in [-0.05, 0) is 50.6 Å². The van der Waals surface area contributed by atoms with Crippen LogP contribution in [0.1, 0.15) is 33.0 Å². The summed E-state index contributed by atoms with van der Waals surface area (Å²) < 4.78 is 10.4. The van der Waals surface area contributed by atoms with E-state index in [9.17, 15) is 14.4 Å². The first-order valence-electron chi connectivity index (χ1n) is 11.2. The van der Waals surface area contributed by atoms with Crippen LogP contribution in [-0.2, 0) is 23.0 Å². The smallest absolute Gasteiger partial charge is 0.310 e. The highest BCUT2D eigenvalue weighted by Crippen LogP contribution is 2.23. The van der Waals surface area contributed by atoms with E-state index in [-0.39, 0.29) is 17.8 Å². The number of aromatic nitrogens is 3. The second-order valence-electron chi connectivity index (χ2n) is 8.38. The fourth-order valence-corrected chi connectivity index (χ4v) is 4.48. The molecular weight excluding hydrogens is 466 g/mol. The lowest BCUT2D eigenvalue weighted by molar-refractivity contribution is -0.141. The molecule has 0 radical (unpaired) electrons. The molecule has 4 aromatic rings. The van der Waals surface area contributed by atoms with Gasteiger partial charge in [0.25, 0.3) is 5.56 Å². The molecule has 2 aromatic heterocycles. The minimum absolute atomic E-state index is 0.0196. The molecule has 0 aliphatic carbocycles. The zero-order valence-corrected chi connectivity index (χ0v) is 20.8. The second-order valence-corrected chi connectivity index (χ2v) is 8.79. The summed E-state index contributed by atoms with van der Waals surface area (Å²) in [5.41, 5.74) is 4.18. The van der Waals surface area contributed by atoms with Crippen molar-refractivity contribution in [1.29, 1.82) is 0 Å². The van der Waals surface area contributed by atoms with Crippen molar-refractivity contribution in [2.75, 3.05) is 6.61 Å². The minimum Gasteiger partial charge on any atom is -0.457 e. The highest BCUT2D eigenvalue weighted by Gasteiger charge is 2.24. The number of halogens is 1. The van der Waals surface area contributed by atoms with E-state index >= 15 is 0 Å². The molecule has 0 atom stereocenters. The summed E-state index contributed by atoms with van der Waals surface area (Å²) in [6.45, 7) is 5.10. The second kappa shape index (κ2) is 9.80. The van der Waals surface area contributed by atoms with E-state index in [2.05, 4.69) is 0 Å². The van der Waals surface area contributed by atoms with Crippen LogP contribution in [0.15, 0.2) is 65.5 Å². The Labute approximate surface area is 208 Å². The van der Waals surface area contributed by atoms with Gasteiger partial charge in [0, 0.05) is 29.0 Å². The number of rotatable bonds is 7. The summed E-state index contributed by atoms with van der Waals surface area (Å²) in [6, 6.07) is 18.1. The van der Waals surface area contributed by atoms with Gasteiger partial charge in [-0.2, -0.15) is 0 Å². The van der Waals surface area contributed by atoms with Crippen LogP contribution in [0.25, 0.3) is 11.4 Å². The van der Waals surface area contributed by atoms with Gasteiger partial charge in [0.1, 0.15) is 5.69 Å². The van der Waals surface area contributed by atoms with Crippen LogP contribution in [-0.4, -0.2) is 32.3 Å². The number of carbonyl (C=O) groups is 2. The molecule has 0 fully saturated rings. The zero-order valence-electron chi connectivity index (χ0n) is 20.0. The summed E-state index contributed by atoms with van der Waals surface area (Å²) in [5.74, 6) is -0.876. The first-order chi connectivity index (χ1) is 16.7. The maximum absolute atomic E-state index is 13.5. The molecule has 180 valence electrons. The van der Waals surface area contributed by atoms with Crippen LogP contribution in [0.5, 0.6) is 0 Å². The molecular formula is C27H26ClN3O4. The van der Waals surface area contributed by atoms with Crippen LogP contribution in [0.4, 0.5) is 0 Å². The lowest BCUT2D eigenvalue weighted by Crippen LogP contribution is -2.22. The number of benzene rings is 2. The van der Waals surface area contributed by atoms with Gasteiger partial charge in [-0.3, -0.25) is 19.1 Å². The fraction of sp³-hybridized carbons (Fsp3) is 0.222. The lowest BCUT2D eigenvalue weighted by atomic mass is 10.1. The summed E-state index contributed by atoms with van der Waals surface area (Å²) in [6.07, 6.45) is -0.0196. The van der Waals surface area contributed by atoms with E-state index in [4.69, 9.17) is 16.3 Å². The Morgan fingerprint density at radius 3 is 2.29 bits per heavy atom. The zero-order chi connectivity index (χ0) is 25.3. The molecule has 35 heavy (non-hydrogen) atoms. The monoisotopic (exact) mass is 491 g/mol. The third kappa shape index (κ3) is 4.59. The van der Waals surface area contributed by atoms with Gasteiger partial charge in [0.05, 0.1) is 17.8 Å².